The molecule has 0 saturated heterocycles. The van der Waals surface area contributed by atoms with Gasteiger partial charge in [0, 0.05) is 24.2 Å². The van der Waals surface area contributed by atoms with Gasteiger partial charge in [-0.3, -0.25) is 4.79 Å². The highest BCUT2D eigenvalue weighted by Crippen LogP contribution is 2.36. The summed E-state index contributed by atoms with van der Waals surface area (Å²) in [6, 6.07) is 9.46. The van der Waals surface area contributed by atoms with Gasteiger partial charge in [-0.2, -0.15) is 0 Å². The fraction of sp³-hybridized carbons (Fsp3) is 0.261. The Kier molecular flexibility index (Phi) is 6.90. The van der Waals surface area contributed by atoms with E-state index >= 15 is 0 Å². The van der Waals surface area contributed by atoms with Crippen LogP contribution >= 0.6 is 11.3 Å². The molecule has 6 heteroatoms. The van der Waals surface area contributed by atoms with Crippen LogP contribution in [0.15, 0.2) is 60.2 Å². The number of hydrogen-bond acceptors (Lipinski definition) is 5. The smallest absolute Gasteiger partial charge is 0.262 e. The summed E-state index contributed by atoms with van der Waals surface area (Å²) < 4.78 is 5.80. The quantitative estimate of drug-likeness (QED) is 0.695. The topological polar surface area (TPSA) is 61.8 Å². The number of fused-ring (bicyclic) bond motifs is 1. The highest BCUT2D eigenvalue weighted by Gasteiger charge is 2.21. The number of carbonyl (C=O) groups is 1. The summed E-state index contributed by atoms with van der Waals surface area (Å²) in [6.07, 6.45) is 4.27. The van der Waals surface area contributed by atoms with Gasteiger partial charge < -0.3 is 20.1 Å². The molecule has 2 aromatic rings. The molecule has 3 rings (SSSR count). The van der Waals surface area contributed by atoms with Crippen LogP contribution in [-0.4, -0.2) is 49.7 Å². The zero-order valence-corrected chi connectivity index (χ0v) is 17.6. The van der Waals surface area contributed by atoms with Crippen molar-refractivity contribution in [2.24, 2.45) is 0 Å². The third-order valence-corrected chi connectivity index (χ3v) is 5.49. The Hall–Kier alpha value is -2.83. The van der Waals surface area contributed by atoms with E-state index in [0.29, 0.717) is 29.2 Å². The predicted molar refractivity (Wildman–Crippen MR) is 119 cm³/mol. The number of thiophene rings is 1. The van der Waals surface area contributed by atoms with Crippen molar-refractivity contribution in [3.63, 3.8) is 0 Å². The lowest BCUT2D eigenvalue weighted by molar-refractivity contribution is 0.0961. The maximum Gasteiger partial charge on any atom is 0.262 e. The first-order chi connectivity index (χ1) is 14.0. The fourth-order valence-corrected chi connectivity index (χ4v) is 3.95. The van der Waals surface area contributed by atoms with Gasteiger partial charge in [0.2, 0.25) is 0 Å². The molecule has 0 unspecified atom stereocenters. The summed E-state index contributed by atoms with van der Waals surface area (Å²) >= 11 is 1.37. The van der Waals surface area contributed by atoms with Crippen LogP contribution in [0, 0.1) is 0 Å². The Labute approximate surface area is 175 Å². The van der Waals surface area contributed by atoms with E-state index in [-0.39, 0.29) is 11.7 Å². The minimum atomic E-state index is -0.136. The fourth-order valence-electron chi connectivity index (χ4n) is 3.11. The first-order valence-electron chi connectivity index (χ1n) is 9.50. The number of allylic oxidation sites excluding steroid dienone is 3. The minimum absolute atomic E-state index is 0.114. The van der Waals surface area contributed by atoms with Crippen LogP contribution in [0.1, 0.15) is 27.2 Å². The summed E-state index contributed by atoms with van der Waals surface area (Å²) in [5.41, 5.74) is 2.76. The monoisotopic (exact) mass is 410 g/mol. The predicted octanol–water partition coefficient (Wildman–Crippen LogP) is 4.36. The summed E-state index contributed by atoms with van der Waals surface area (Å²) in [6.45, 7) is 6.15. The number of aliphatic hydroxyl groups excluding tert-OH is 1. The zero-order chi connectivity index (χ0) is 20.8. The van der Waals surface area contributed by atoms with Gasteiger partial charge in [-0.15, -0.1) is 11.3 Å². The molecule has 1 aromatic heterocycles. The van der Waals surface area contributed by atoms with Gasteiger partial charge in [0.05, 0.1) is 11.5 Å². The second-order valence-electron chi connectivity index (χ2n) is 7.04. The Morgan fingerprint density at radius 2 is 2.00 bits per heavy atom. The molecule has 2 N–H and O–H groups in total. The third kappa shape index (κ3) is 5.16. The van der Waals surface area contributed by atoms with Crippen molar-refractivity contribution in [2.75, 3.05) is 33.8 Å². The number of rotatable bonds is 6. The van der Waals surface area contributed by atoms with Crippen LogP contribution in [0.4, 0.5) is 0 Å². The Morgan fingerprint density at radius 3 is 2.72 bits per heavy atom. The first-order valence-corrected chi connectivity index (χ1v) is 10.4. The highest BCUT2D eigenvalue weighted by atomic mass is 32.1. The lowest BCUT2D eigenvalue weighted by atomic mass is 9.92. The summed E-state index contributed by atoms with van der Waals surface area (Å²) in [5.74, 6) is 0.759. The standard InChI is InChI=1S/C23H26N2O3S/c1-16-19-11-15-29-22(19)23(27)24-12-4-6-20(26)21(16)17-7-9-18(10-8-17)28-14-5-13-25(2)3/h4,6-11,15,26H,1,5,12-14H2,2-3H3,(H,24,27)/b6-4-,21-20-. The van der Waals surface area contributed by atoms with Crippen LogP contribution in [0.25, 0.3) is 11.1 Å². The van der Waals surface area contributed by atoms with Crippen LogP contribution in [-0.2, 0) is 0 Å². The molecule has 2 heterocycles. The molecule has 29 heavy (non-hydrogen) atoms. The van der Waals surface area contributed by atoms with E-state index < -0.39 is 0 Å². The molecule has 5 nitrogen and oxygen atoms in total. The van der Waals surface area contributed by atoms with Gasteiger partial charge in [0.15, 0.2) is 0 Å². The van der Waals surface area contributed by atoms with Crippen molar-refractivity contribution < 1.29 is 14.6 Å². The Bertz CT molecular complexity index is 939. The summed E-state index contributed by atoms with van der Waals surface area (Å²) in [5, 5.41) is 15.4. The molecular formula is C23H26N2O3S. The van der Waals surface area contributed by atoms with Crippen molar-refractivity contribution in [3.8, 4) is 5.75 Å². The summed E-state index contributed by atoms with van der Waals surface area (Å²) in [7, 11) is 4.08. The molecule has 1 aliphatic heterocycles. The first kappa shape index (κ1) is 20.9. The zero-order valence-electron chi connectivity index (χ0n) is 16.8. The second kappa shape index (κ2) is 9.58. The Morgan fingerprint density at radius 1 is 1.24 bits per heavy atom. The van der Waals surface area contributed by atoms with Crippen molar-refractivity contribution in [3.05, 3.63) is 76.2 Å². The van der Waals surface area contributed by atoms with E-state index in [1.807, 2.05) is 49.8 Å². The van der Waals surface area contributed by atoms with E-state index in [2.05, 4.69) is 16.8 Å². The average molecular weight is 411 g/mol. The number of nitrogens with one attached hydrogen (secondary N) is 1. The van der Waals surface area contributed by atoms with Gasteiger partial charge in [0.1, 0.15) is 11.5 Å². The van der Waals surface area contributed by atoms with Crippen molar-refractivity contribution >= 4 is 28.4 Å². The van der Waals surface area contributed by atoms with Crippen LogP contribution in [0.2, 0.25) is 0 Å². The molecule has 0 spiro atoms. The molecule has 0 bridgehead atoms. The molecule has 152 valence electrons. The largest absolute Gasteiger partial charge is 0.507 e. The molecule has 1 amide bonds. The number of nitrogens with zero attached hydrogens (tertiary/aromatic N) is 1. The summed E-state index contributed by atoms with van der Waals surface area (Å²) in [4.78, 5) is 15.1. The van der Waals surface area contributed by atoms with Crippen LogP contribution in [0.5, 0.6) is 5.75 Å². The molecule has 0 saturated carbocycles. The number of benzene rings is 1. The van der Waals surface area contributed by atoms with Crippen molar-refractivity contribution in [1.82, 2.24) is 10.2 Å². The third-order valence-electron chi connectivity index (χ3n) is 4.57. The number of carbonyl (C=O) groups excluding carboxylic acids is 1. The SMILES string of the molecule is C=C1/C(c2ccc(OCCCN(C)C)cc2)=C(O)\C=C/CNC(=O)c2sccc21. The highest BCUT2D eigenvalue weighted by molar-refractivity contribution is 7.12. The normalized spacial score (nSPS) is 18.3. The second-order valence-corrected chi connectivity index (χ2v) is 7.96. The number of aliphatic hydroxyl groups is 1. The van der Waals surface area contributed by atoms with Crippen LogP contribution in [0.3, 0.4) is 0 Å². The number of ether oxygens (including phenoxy) is 1. The molecular weight excluding hydrogens is 384 g/mol. The minimum Gasteiger partial charge on any atom is -0.507 e. The van der Waals surface area contributed by atoms with Gasteiger partial charge in [-0.25, -0.2) is 0 Å². The van der Waals surface area contributed by atoms with Crippen LogP contribution < -0.4 is 10.1 Å². The number of amides is 1. The van der Waals surface area contributed by atoms with Crippen molar-refractivity contribution in [2.45, 2.75) is 6.42 Å². The Balaban J connectivity index is 1.87. The van der Waals surface area contributed by atoms with E-state index in [1.165, 1.54) is 11.3 Å². The lowest BCUT2D eigenvalue weighted by Crippen LogP contribution is -2.23. The molecule has 0 atom stereocenters. The van der Waals surface area contributed by atoms with Gasteiger partial charge in [-0.05, 0) is 61.3 Å². The lowest BCUT2D eigenvalue weighted by Gasteiger charge is -2.16. The van der Waals surface area contributed by atoms with Gasteiger partial charge in [0.25, 0.3) is 5.91 Å². The van der Waals surface area contributed by atoms with Gasteiger partial charge in [-0.1, -0.05) is 24.8 Å². The average Bonchev–Trinajstić information content (AvgIpc) is 3.19. The van der Waals surface area contributed by atoms with Gasteiger partial charge >= 0.3 is 0 Å². The van der Waals surface area contributed by atoms with E-state index in [4.69, 9.17) is 4.74 Å². The molecule has 1 aliphatic rings. The molecule has 1 aromatic carbocycles. The molecule has 0 aliphatic carbocycles. The molecule has 0 radical (unpaired) electrons. The van der Waals surface area contributed by atoms with E-state index in [9.17, 15) is 9.90 Å². The molecule has 0 fully saturated rings. The van der Waals surface area contributed by atoms with E-state index in [0.717, 1.165) is 29.8 Å². The van der Waals surface area contributed by atoms with E-state index in [1.54, 1.807) is 12.2 Å². The maximum absolute atomic E-state index is 12.4. The van der Waals surface area contributed by atoms with Crippen molar-refractivity contribution in [1.29, 1.82) is 0 Å². The number of hydrogen-bond donors (Lipinski definition) is 2. The maximum atomic E-state index is 12.4.